The first-order valence-electron chi connectivity index (χ1n) is 11.5. The van der Waals surface area contributed by atoms with Crippen molar-refractivity contribution in [1.82, 2.24) is 20.1 Å². The van der Waals surface area contributed by atoms with E-state index in [9.17, 15) is 18.4 Å². The lowest BCUT2D eigenvalue weighted by atomic mass is 9.91. The molecule has 2 unspecified atom stereocenters. The predicted molar refractivity (Wildman–Crippen MR) is 124 cm³/mol. The molecule has 3 aromatic rings. The van der Waals surface area contributed by atoms with E-state index < -0.39 is 29.1 Å². The highest BCUT2D eigenvalue weighted by Gasteiger charge is 2.82. The van der Waals surface area contributed by atoms with Gasteiger partial charge in [0.05, 0.1) is 24.9 Å². The lowest BCUT2D eigenvalue weighted by Crippen LogP contribution is -2.31. The first-order chi connectivity index (χ1) is 16.6. The molecule has 4 atom stereocenters. The van der Waals surface area contributed by atoms with Gasteiger partial charge in [0.1, 0.15) is 5.41 Å². The van der Waals surface area contributed by atoms with Crippen LogP contribution in [0.2, 0.25) is 0 Å². The minimum Gasteiger partial charge on any atom is -0.464 e. The number of rotatable bonds is 5. The minimum absolute atomic E-state index is 0.0524. The second-order valence-electron chi connectivity index (χ2n) is 9.46. The average molecular weight is 481 g/mol. The first kappa shape index (κ1) is 23.1. The van der Waals surface area contributed by atoms with Crippen LogP contribution in [0.25, 0.3) is 5.82 Å². The molecule has 2 aromatic heterocycles. The van der Waals surface area contributed by atoms with Crippen LogP contribution in [0.4, 0.5) is 8.78 Å². The molecule has 9 heteroatoms. The van der Waals surface area contributed by atoms with Gasteiger partial charge in [-0.25, -0.2) is 23.2 Å². The van der Waals surface area contributed by atoms with E-state index in [1.807, 2.05) is 18.3 Å². The van der Waals surface area contributed by atoms with Gasteiger partial charge in [0.2, 0.25) is 5.91 Å². The van der Waals surface area contributed by atoms with Crippen LogP contribution >= 0.6 is 0 Å². The Morgan fingerprint density at radius 1 is 1.14 bits per heavy atom. The fourth-order valence-corrected chi connectivity index (χ4v) is 5.52. The summed E-state index contributed by atoms with van der Waals surface area (Å²) in [5.74, 6) is -4.64. The third kappa shape index (κ3) is 3.28. The van der Waals surface area contributed by atoms with Crippen LogP contribution in [0.15, 0.2) is 48.7 Å². The summed E-state index contributed by atoms with van der Waals surface area (Å²) in [5, 5.41) is 6.91. The Kier molecular flexibility index (Phi) is 5.27. The Balaban J connectivity index is 1.44. The maximum Gasteiger partial charge on any atom is 0.356 e. The number of carbonyl (C=O) groups excluding carboxylic acids is 2. The average Bonchev–Trinajstić information content (AvgIpc) is 3.20. The van der Waals surface area contributed by atoms with Crippen LogP contribution in [0, 0.1) is 5.41 Å². The molecule has 1 saturated carbocycles. The largest absolute Gasteiger partial charge is 0.464 e. The molecule has 0 radical (unpaired) electrons. The van der Waals surface area contributed by atoms with Crippen LogP contribution in [-0.4, -0.2) is 46.7 Å². The number of hydrogen-bond acceptors (Lipinski definition) is 5. The number of methoxy groups -OCH3 is 1. The highest BCUT2D eigenvalue weighted by atomic mass is 19.3. The number of nitrogens with zero attached hydrogens (tertiary/aromatic N) is 3. The van der Waals surface area contributed by atoms with Crippen molar-refractivity contribution in [3.8, 4) is 5.82 Å². The second kappa shape index (κ2) is 7.96. The Hall–Kier alpha value is -3.62. The predicted octanol–water partition coefficient (Wildman–Crippen LogP) is 4.18. The Morgan fingerprint density at radius 2 is 1.83 bits per heavy atom. The molecule has 1 fully saturated rings. The lowest BCUT2D eigenvalue weighted by molar-refractivity contribution is -0.128. The van der Waals surface area contributed by atoms with Gasteiger partial charge in [-0.2, -0.15) is 5.10 Å². The van der Waals surface area contributed by atoms with E-state index in [4.69, 9.17) is 4.74 Å². The van der Waals surface area contributed by atoms with Crippen molar-refractivity contribution in [1.29, 1.82) is 0 Å². The molecular weight excluding hydrogens is 454 g/mol. The third-order valence-electron chi connectivity index (χ3n) is 7.53. The number of alkyl halides is 2. The smallest absolute Gasteiger partial charge is 0.356 e. The van der Waals surface area contributed by atoms with Crippen LogP contribution in [-0.2, 0) is 9.53 Å². The molecule has 2 aliphatic carbocycles. The summed E-state index contributed by atoms with van der Waals surface area (Å²) >= 11 is 0. The van der Waals surface area contributed by atoms with E-state index in [0.717, 1.165) is 23.2 Å². The van der Waals surface area contributed by atoms with Crippen molar-refractivity contribution in [3.63, 3.8) is 0 Å². The molecule has 0 spiro atoms. The summed E-state index contributed by atoms with van der Waals surface area (Å²) in [5.41, 5.74) is 1.98. The quantitative estimate of drug-likeness (QED) is 0.554. The summed E-state index contributed by atoms with van der Waals surface area (Å²) in [7, 11) is 2.69. The number of amides is 1. The normalized spacial score (nSPS) is 26.2. The van der Waals surface area contributed by atoms with Gasteiger partial charge in [-0.15, -0.1) is 0 Å². The first-order valence-corrected chi connectivity index (χ1v) is 11.5. The third-order valence-corrected chi connectivity index (χ3v) is 7.53. The highest BCUT2D eigenvalue weighted by molar-refractivity contribution is 5.89. The fraction of sp³-hybridized carbons (Fsp3) is 0.385. The van der Waals surface area contributed by atoms with Crippen molar-refractivity contribution in [2.45, 2.75) is 43.9 Å². The second-order valence-corrected chi connectivity index (χ2v) is 9.46. The van der Waals surface area contributed by atoms with Gasteiger partial charge in [0, 0.05) is 18.5 Å². The van der Waals surface area contributed by atoms with Gasteiger partial charge in [0.15, 0.2) is 11.5 Å². The molecule has 2 heterocycles. The number of carbonyl (C=O) groups is 2. The number of fused-ring (bicyclic) bond motifs is 1. The van der Waals surface area contributed by atoms with Crippen LogP contribution in [0.1, 0.15) is 70.9 Å². The maximum absolute atomic E-state index is 14.6. The number of aromatic nitrogens is 3. The van der Waals surface area contributed by atoms with E-state index >= 15 is 0 Å². The molecular formula is C26H26F2N4O3. The molecule has 7 nitrogen and oxygen atoms in total. The summed E-state index contributed by atoms with van der Waals surface area (Å²) < 4.78 is 35.7. The molecule has 0 aliphatic heterocycles. The molecule has 0 bridgehead atoms. The van der Waals surface area contributed by atoms with Crippen molar-refractivity contribution in [2.24, 2.45) is 5.41 Å². The van der Waals surface area contributed by atoms with E-state index in [2.05, 4.69) is 22.3 Å². The van der Waals surface area contributed by atoms with Gasteiger partial charge in [-0.3, -0.25) is 4.79 Å². The summed E-state index contributed by atoms with van der Waals surface area (Å²) in [6.07, 6.45) is 2.64. The number of esters is 1. The Labute approximate surface area is 201 Å². The number of nitrogens with one attached hydrogen (secondary N) is 1. The topological polar surface area (TPSA) is 86.1 Å². The van der Waals surface area contributed by atoms with Crippen LogP contribution in [0.5, 0.6) is 0 Å². The Bertz CT molecular complexity index is 1320. The number of halogens is 2. The van der Waals surface area contributed by atoms with Gasteiger partial charge in [0.25, 0.3) is 5.92 Å². The zero-order valence-electron chi connectivity index (χ0n) is 19.9. The molecule has 35 heavy (non-hydrogen) atoms. The van der Waals surface area contributed by atoms with Gasteiger partial charge in [-0.1, -0.05) is 37.3 Å². The number of pyridine rings is 1. The van der Waals surface area contributed by atoms with Crippen molar-refractivity contribution in [3.05, 3.63) is 76.7 Å². The van der Waals surface area contributed by atoms with Gasteiger partial charge >= 0.3 is 5.97 Å². The van der Waals surface area contributed by atoms with Crippen LogP contribution in [0.3, 0.4) is 0 Å². The molecule has 1 N–H and O–H groups in total. The van der Waals surface area contributed by atoms with Crippen molar-refractivity contribution in [2.75, 3.05) is 14.2 Å². The molecule has 1 aromatic carbocycles. The van der Waals surface area contributed by atoms with E-state index in [-0.39, 0.29) is 17.5 Å². The number of hydrogen-bond donors (Lipinski definition) is 1. The molecule has 5 rings (SSSR count). The molecule has 2 aliphatic rings. The molecule has 0 saturated heterocycles. The molecule has 182 valence electrons. The maximum atomic E-state index is 14.6. The summed E-state index contributed by atoms with van der Waals surface area (Å²) in [6.45, 7) is 3.42. The van der Waals surface area contributed by atoms with E-state index in [0.29, 0.717) is 11.4 Å². The van der Waals surface area contributed by atoms with Crippen LogP contribution < -0.4 is 5.32 Å². The SMILES string of the molecule is CNC(=O)[C@]1(C)[C@@H](c2ccc(C3CC(C)c4c3cnn4-c3cccc(C(=O)OC)n3)cc2)C1(F)F. The summed E-state index contributed by atoms with van der Waals surface area (Å²) in [6, 6.07) is 12.3. The van der Waals surface area contributed by atoms with Gasteiger partial charge in [-0.05, 0) is 42.5 Å². The molecule has 1 amide bonds. The van der Waals surface area contributed by atoms with E-state index in [1.54, 1.807) is 35.0 Å². The number of benzene rings is 1. The zero-order chi connectivity index (χ0) is 25.1. The standard InChI is InChI=1S/C26H26F2N4O3/c1-14-12-17(15-8-10-16(11-9-15)22-25(2,24(34)29-3)26(22,27)28)18-13-30-32(21(14)18)20-7-5-6-19(31-20)23(33)35-4/h5-11,13-14,17,22H,12H2,1-4H3,(H,29,34)/t14?,17?,22-,25+/m1/s1. The zero-order valence-corrected chi connectivity index (χ0v) is 19.9. The summed E-state index contributed by atoms with van der Waals surface area (Å²) in [4.78, 5) is 28.4. The monoisotopic (exact) mass is 480 g/mol. The fourth-order valence-electron chi connectivity index (χ4n) is 5.52. The minimum atomic E-state index is -3.09. The van der Waals surface area contributed by atoms with E-state index in [1.165, 1.54) is 21.1 Å². The highest BCUT2D eigenvalue weighted by Crippen LogP contribution is 2.71. The number of ether oxygens (including phenoxy) is 1. The van der Waals surface area contributed by atoms with Crippen molar-refractivity contribution < 1.29 is 23.1 Å². The van der Waals surface area contributed by atoms with Gasteiger partial charge < -0.3 is 10.1 Å². The Morgan fingerprint density at radius 3 is 2.49 bits per heavy atom. The lowest BCUT2D eigenvalue weighted by Gasteiger charge is -2.12. The van der Waals surface area contributed by atoms with Crippen molar-refractivity contribution >= 4 is 11.9 Å².